The highest BCUT2D eigenvalue weighted by Crippen LogP contribution is 2.28. The van der Waals surface area contributed by atoms with E-state index in [1.165, 1.54) is 25.7 Å². The number of rotatable bonds is 8. The summed E-state index contributed by atoms with van der Waals surface area (Å²) in [6.07, 6.45) is 13.3. The lowest BCUT2D eigenvalue weighted by molar-refractivity contribution is 0.174. The molecule has 2 fully saturated rings. The Morgan fingerprint density at radius 1 is 0.568 bits per heavy atom. The molecule has 234 valence electrons. The van der Waals surface area contributed by atoms with Gasteiger partial charge in [0.2, 0.25) is 0 Å². The predicted molar refractivity (Wildman–Crippen MR) is 180 cm³/mol. The molecule has 0 atom stereocenters. The molecule has 8 heteroatoms. The van der Waals surface area contributed by atoms with Crippen LogP contribution in [-0.2, 0) is 13.1 Å². The van der Waals surface area contributed by atoms with Crippen LogP contribution in [0.15, 0.2) is 72.8 Å². The van der Waals surface area contributed by atoms with Crippen molar-refractivity contribution in [2.45, 2.75) is 102 Å². The number of nitrogen functional groups attached to an aromatic ring is 2. The van der Waals surface area contributed by atoms with Gasteiger partial charge in [-0.05, 0) is 61.1 Å². The second-order valence-corrected chi connectivity index (χ2v) is 12.4. The molecule has 2 saturated carbocycles. The van der Waals surface area contributed by atoms with E-state index >= 15 is 0 Å². The summed E-state index contributed by atoms with van der Waals surface area (Å²) < 4.78 is 0. The fourth-order valence-corrected chi connectivity index (χ4v) is 6.69. The molecule has 0 bridgehead atoms. The van der Waals surface area contributed by atoms with Crippen molar-refractivity contribution in [3.63, 3.8) is 0 Å². The van der Waals surface area contributed by atoms with E-state index in [2.05, 4.69) is 28.8 Å². The van der Waals surface area contributed by atoms with E-state index in [0.29, 0.717) is 35.8 Å². The van der Waals surface area contributed by atoms with Gasteiger partial charge in [0.05, 0.1) is 22.7 Å². The Morgan fingerprint density at radius 2 is 0.955 bits per heavy atom. The molecule has 3 aromatic rings. The van der Waals surface area contributed by atoms with Gasteiger partial charge in [0, 0.05) is 25.2 Å². The number of nitrogens with zero attached hydrogens (tertiary/aromatic N) is 2. The molecule has 0 spiro atoms. The molecular weight excluding hydrogens is 548 g/mol. The lowest BCUT2D eigenvalue weighted by atomic mass is 10.0. The minimum Gasteiger partial charge on any atom is -0.397 e. The van der Waals surface area contributed by atoms with Crippen LogP contribution in [0.4, 0.5) is 32.3 Å². The fourth-order valence-electron chi connectivity index (χ4n) is 6.69. The lowest BCUT2D eigenvalue weighted by Crippen LogP contribution is -2.43. The average Bonchev–Trinajstić information content (AvgIpc) is 3.47. The highest BCUT2D eigenvalue weighted by atomic mass is 16.2. The topological polar surface area (TPSA) is 117 Å². The van der Waals surface area contributed by atoms with Crippen molar-refractivity contribution in [1.82, 2.24) is 9.80 Å². The quantitative estimate of drug-likeness (QED) is 0.154. The van der Waals surface area contributed by atoms with Crippen molar-refractivity contribution in [3.05, 3.63) is 83.9 Å². The summed E-state index contributed by atoms with van der Waals surface area (Å²) in [7, 11) is 0. The first-order chi connectivity index (χ1) is 21.5. The zero-order valence-corrected chi connectivity index (χ0v) is 25.8. The van der Waals surface area contributed by atoms with E-state index in [-0.39, 0.29) is 24.1 Å². The molecule has 44 heavy (non-hydrogen) atoms. The van der Waals surface area contributed by atoms with E-state index < -0.39 is 0 Å². The summed E-state index contributed by atoms with van der Waals surface area (Å²) in [5.74, 6) is 0. The molecule has 0 aliphatic heterocycles. The van der Waals surface area contributed by atoms with Crippen molar-refractivity contribution in [3.8, 4) is 0 Å². The summed E-state index contributed by atoms with van der Waals surface area (Å²) in [4.78, 5) is 31.5. The number of hydrogen-bond donors (Lipinski definition) is 4. The third kappa shape index (κ3) is 8.46. The van der Waals surface area contributed by atoms with Crippen LogP contribution in [-0.4, -0.2) is 33.9 Å². The molecule has 4 amide bonds. The molecule has 0 unspecified atom stereocenters. The minimum absolute atomic E-state index is 0.125. The largest absolute Gasteiger partial charge is 0.397 e. The molecule has 6 N–H and O–H groups in total. The van der Waals surface area contributed by atoms with Crippen LogP contribution >= 0.6 is 0 Å². The van der Waals surface area contributed by atoms with Crippen molar-refractivity contribution >= 4 is 34.8 Å². The van der Waals surface area contributed by atoms with Crippen molar-refractivity contribution in [2.75, 3.05) is 22.1 Å². The first kappa shape index (κ1) is 31.2. The third-order valence-electron chi connectivity index (χ3n) is 9.15. The van der Waals surface area contributed by atoms with Gasteiger partial charge >= 0.3 is 12.1 Å². The Bertz CT molecular complexity index is 1280. The lowest BCUT2D eigenvalue weighted by Gasteiger charge is -2.33. The minimum atomic E-state index is -0.125. The molecule has 0 radical (unpaired) electrons. The summed E-state index contributed by atoms with van der Waals surface area (Å²) in [5, 5.41) is 6.15. The molecule has 0 aromatic heterocycles. The van der Waals surface area contributed by atoms with Crippen molar-refractivity contribution < 1.29 is 9.59 Å². The van der Waals surface area contributed by atoms with Gasteiger partial charge in [-0.1, -0.05) is 99.9 Å². The van der Waals surface area contributed by atoms with Crippen LogP contribution in [0.25, 0.3) is 0 Å². The van der Waals surface area contributed by atoms with Crippen molar-refractivity contribution in [1.29, 1.82) is 0 Å². The third-order valence-corrected chi connectivity index (χ3v) is 9.15. The van der Waals surface area contributed by atoms with Crippen LogP contribution in [0.3, 0.4) is 0 Å². The number of benzene rings is 3. The smallest absolute Gasteiger partial charge is 0.322 e. The predicted octanol–water partition coefficient (Wildman–Crippen LogP) is 8.36. The SMILES string of the molecule is Nc1ccccc1NC(=O)N(Cc1cccc(CN(C(=O)Nc2ccccc2N)C2CCCCCC2)c1)C1CCCCCC1. The van der Waals surface area contributed by atoms with Crippen molar-refractivity contribution in [2.24, 2.45) is 0 Å². The first-order valence-electron chi connectivity index (χ1n) is 16.4. The van der Waals surface area contributed by atoms with Crippen LogP contribution in [0.5, 0.6) is 0 Å². The average molecular weight is 597 g/mol. The Hall–Kier alpha value is -4.20. The monoisotopic (exact) mass is 596 g/mol. The van der Waals surface area contributed by atoms with Gasteiger partial charge in [-0.3, -0.25) is 0 Å². The maximum atomic E-state index is 13.8. The zero-order valence-electron chi connectivity index (χ0n) is 25.8. The molecule has 0 heterocycles. The molecule has 5 rings (SSSR count). The molecule has 0 saturated heterocycles. The summed E-state index contributed by atoms with van der Waals surface area (Å²) >= 11 is 0. The fraction of sp³-hybridized carbons (Fsp3) is 0.444. The van der Waals surface area contributed by atoms with Gasteiger partial charge in [-0.25, -0.2) is 9.59 Å². The van der Waals surface area contributed by atoms with Gasteiger partial charge in [0.1, 0.15) is 0 Å². The standard InChI is InChI=1S/C36H48N6O2/c37-31-20-9-11-22-33(31)39-35(43)41(29-16-5-1-2-6-17-29)25-27-14-13-15-28(24-27)26-42(30-18-7-3-4-8-19-30)36(44)40-34-23-12-10-21-32(34)38/h9-15,20-24,29-30H,1-8,16-19,25-26,37-38H2,(H,39,43)(H,40,44). The van der Waals surface area contributed by atoms with E-state index in [1.54, 1.807) is 12.1 Å². The van der Waals surface area contributed by atoms with E-state index in [1.807, 2.05) is 52.3 Å². The Morgan fingerprint density at radius 3 is 1.34 bits per heavy atom. The van der Waals surface area contributed by atoms with Crippen LogP contribution in [0.2, 0.25) is 0 Å². The second kappa shape index (κ2) is 15.5. The normalized spacial score (nSPS) is 16.4. The highest BCUT2D eigenvalue weighted by molar-refractivity contribution is 5.93. The first-order valence-corrected chi connectivity index (χ1v) is 16.4. The number of carbonyl (C=O) groups excluding carboxylic acids is 2. The number of carbonyl (C=O) groups is 2. The molecule has 8 nitrogen and oxygen atoms in total. The Kier molecular flexibility index (Phi) is 11.0. The summed E-state index contributed by atoms with van der Waals surface area (Å²) in [6.45, 7) is 0.987. The number of nitrogens with one attached hydrogen (secondary N) is 2. The van der Waals surface area contributed by atoms with Gasteiger partial charge in [-0.2, -0.15) is 0 Å². The van der Waals surface area contributed by atoms with Gasteiger partial charge < -0.3 is 31.9 Å². The molecule has 2 aliphatic rings. The maximum absolute atomic E-state index is 13.8. The highest BCUT2D eigenvalue weighted by Gasteiger charge is 2.27. The zero-order chi connectivity index (χ0) is 30.7. The van der Waals surface area contributed by atoms with Gasteiger partial charge in [-0.15, -0.1) is 0 Å². The molecular formula is C36H48N6O2. The second-order valence-electron chi connectivity index (χ2n) is 12.4. The number of urea groups is 2. The Labute approximate surface area is 262 Å². The van der Waals surface area contributed by atoms with E-state index in [0.717, 1.165) is 62.5 Å². The number of nitrogens with two attached hydrogens (primary N) is 2. The van der Waals surface area contributed by atoms with E-state index in [9.17, 15) is 9.59 Å². The number of anilines is 4. The van der Waals surface area contributed by atoms with Crippen LogP contribution in [0.1, 0.15) is 88.2 Å². The van der Waals surface area contributed by atoms with Gasteiger partial charge in [0.15, 0.2) is 0 Å². The summed E-state index contributed by atoms with van der Waals surface area (Å²) in [5.41, 5.74) is 16.8. The summed E-state index contributed by atoms with van der Waals surface area (Å²) in [6, 6.07) is 23.2. The number of para-hydroxylation sites is 4. The number of amides is 4. The van der Waals surface area contributed by atoms with Crippen LogP contribution in [0, 0.1) is 0 Å². The van der Waals surface area contributed by atoms with E-state index in [4.69, 9.17) is 11.5 Å². The number of hydrogen-bond acceptors (Lipinski definition) is 4. The van der Waals surface area contributed by atoms with Crippen LogP contribution < -0.4 is 22.1 Å². The van der Waals surface area contributed by atoms with Gasteiger partial charge in [0.25, 0.3) is 0 Å². The maximum Gasteiger partial charge on any atom is 0.322 e. The Balaban J connectivity index is 1.36. The molecule has 3 aromatic carbocycles. The molecule has 2 aliphatic carbocycles.